The number of rotatable bonds is 3. The molecule has 1 fully saturated rings. The molecule has 0 saturated carbocycles. The van der Waals surface area contributed by atoms with Crippen LogP contribution in [0.15, 0.2) is 18.3 Å². The summed E-state index contributed by atoms with van der Waals surface area (Å²) in [6.07, 6.45) is 4.47. The van der Waals surface area contributed by atoms with E-state index in [1.165, 1.54) is 5.56 Å². The number of aliphatic hydroxyl groups excluding tert-OH is 1. The van der Waals surface area contributed by atoms with E-state index in [0.717, 1.165) is 32.4 Å². The van der Waals surface area contributed by atoms with Gasteiger partial charge in [-0.3, -0.25) is 4.98 Å². The van der Waals surface area contributed by atoms with Crippen molar-refractivity contribution in [2.24, 2.45) is 5.92 Å². The monoisotopic (exact) mass is 306 g/mol. The Bertz CT molecular complexity index is 503. The van der Waals surface area contributed by atoms with Gasteiger partial charge in [0.05, 0.1) is 12.3 Å². The molecule has 0 radical (unpaired) electrons. The number of aliphatic hydroxyl groups is 1. The van der Waals surface area contributed by atoms with Crippen LogP contribution in [0.2, 0.25) is 0 Å². The first-order valence-corrected chi connectivity index (χ1v) is 7.90. The van der Waals surface area contributed by atoms with Crippen LogP contribution in [-0.4, -0.2) is 39.8 Å². The van der Waals surface area contributed by atoms with Gasteiger partial charge < -0.3 is 14.7 Å². The van der Waals surface area contributed by atoms with E-state index < -0.39 is 5.60 Å². The first kappa shape index (κ1) is 16.7. The SMILES string of the molecule is CC(C)(C)OC(=O)N1CCC(Cc2ccnc(CO)c2)CC1. The number of hydrogen-bond donors (Lipinski definition) is 1. The van der Waals surface area contributed by atoms with Gasteiger partial charge in [0.25, 0.3) is 0 Å². The van der Waals surface area contributed by atoms with Gasteiger partial charge in [0.1, 0.15) is 5.60 Å². The molecule has 2 heterocycles. The third kappa shape index (κ3) is 4.98. The van der Waals surface area contributed by atoms with E-state index in [1.807, 2.05) is 32.9 Å². The van der Waals surface area contributed by atoms with Crippen LogP contribution in [-0.2, 0) is 17.8 Å². The number of aromatic nitrogens is 1. The highest BCUT2D eigenvalue weighted by molar-refractivity contribution is 5.68. The van der Waals surface area contributed by atoms with Crippen molar-refractivity contribution in [2.75, 3.05) is 13.1 Å². The molecule has 0 atom stereocenters. The van der Waals surface area contributed by atoms with E-state index in [4.69, 9.17) is 9.84 Å². The summed E-state index contributed by atoms with van der Waals surface area (Å²) in [5, 5.41) is 9.14. The Morgan fingerprint density at radius 3 is 2.68 bits per heavy atom. The van der Waals surface area contributed by atoms with Gasteiger partial charge in [0.15, 0.2) is 0 Å². The average Bonchev–Trinajstić information content (AvgIpc) is 2.46. The lowest BCUT2D eigenvalue weighted by atomic mass is 9.90. The average molecular weight is 306 g/mol. The molecular weight excluding hydrogens is 280 g/mol. The molecule has 0 unspecified atom stereocenters. The van der Waals surface area contributed by atoms with Crippen LogP contribution in [0.4, 0.5) is 4.79 Å². The second-order valence-corrected chi connectivity index (χ2v) is 6.93. The lowest BCUT2D eigenvalue weighted by molar-refractivity contribution is 0.0184. The molecular formula is C17H26N2O3. The second kappa shape index (κ2) is 7.09. The maximum atomic E-state index is 12.0. The Kier molecular flexibility index (Phi) is 5.40. The number of likely N-dealkylation sites (tertiary alicyclic amines) is 1. The van der Waals surface area contributed by atoms with E-state index in [0.29, 0.717) is 11.6 Å². The number of ether oxygens (including phenoxy) is 1. The first-order valence-electron chi connectivity index (χ1n) is 7.90. The predicted octanol–water partition coefficient (Wildman–Crippen LogP) is 2.76. The number of hydrogen-bond acceptors (Lipinski definition) is 4. The molecule has 0 aliphatic carbocycles. The van der Waals surface area contributed by atoms with Crippen LogP contribution in [0, 0.1) is 5.92 Å². The molecule has 1 amide bonds. The normalized spacial score (nSPS) is 16.6. The molecule has 1 aromatic heterocycles. The lowest BCUT2D eigenvalue weighted by Crippen LogP contribution is -2.42. The van der Waals surface area contributed by atoms with Gasteiger partial charge in [-0.2, -0.15) is 0 Å². The van der Waals surface area contributed by atoms with Crippen molar-refractivity contribution in [3.8, 4) is 0 Å². The molecule has 0 spiro atoms. The maximum absolute atomic E-state index is 12.0. The molecule has 1 aliphatic rings. The molecule has 2 rings (SSSR count). The zero-order valence-electron chi connectivity index (χ0n) is 13.7. The zero-order chi connectivity index (χ0) is 16.2. The van der Waals surface area contributed by atoms with Crippen molar-refractivity contribution in [1.29, 1.82) is 0 Å². The fourth-order valence-corrected chi connectivity index (χ4v) is 2.72. The number of carbonyl (C=O) groups excluding carboxylic acids is 1. The molecule has 122 valence electrons. The highest BCUT2D eigenvalue weighted by atomic mass is 16.6. The van der Waals surface area contributed by atoms with Gasteiger partial charge in [0, 0.05) is 19.3 Å². The standard InChI is InChI=1S/C17H26N2O3/c1-17(2,3)22-16(21)19-8-5-13(6-9-19)10-14-4-7-18-15(11-14)12-20/h4,7,11,13,20H,5-6,8-10,12H2,1-3H3. The van der Waals surface area contributed by atoms with Gasteiger partial charge in [-0.05, 0) is 63.6 Å². The molecule has 1 N–H and O–H groups in total. The Balaban J connectivity index is 1.83. The zero-order valence-corrected chi connectivity index (χ0v) is 13.7. The number of amides is 1. The van der Waals surface area contributed by atoms with Crippen LogP contribution in [0.5, 0.6) is 0 Å². The summed E-state index contributed by atoms with van der Waals surface area (Å²) in [4.78, 5) is 17.9. The molecule has 1 aromatic rings. The Morgan fingerprint density at radius 2 is 2.09 bits per heavy atom. The molecule has 1 aliphatic heterocycles. The van der Waals surface area contributed by atoms with Crippen molar-refractivity contribution in [1.82, 2.24) is 9.88 Å². The van der Waals surface area contributed by atoms with E-state index >= 15 is 0 Å². The molecule has 0 aromatic carbocycles. The summed E-state index contributed by atoms with van der Waals surface area (Å²) in [6.45, 7) is 7.14. The summed E-state index contributed by atoms with van der Waals surface area (Å²) in [5.74, 6) is 0.563. The summed E-state index contributed by atoms with van der Waals surface area (Å²) in [7, 11) is 0. The van der Waals surface area contributed by atoms with Crippen LogP contribution in [0.25, 0.3) is 0 Å². The third-order valence-electron chi connectivity index (χ3n) is 3.83. The summed E-state index contributed by atoms with van der Waals surface area (Å²) < 4.78 is 5.41. The fraction of sp³-hybridized carbons (Fsp3) is 0.647. The third-order valence-corrected chi connectivity index (χ3v) is 3.83. The van der Waals surface area contributed by atoms with E-state index in [9.17, 15) is 4.79 Å². The van der Waals surface area contributed by atoms with E-state index in [2.05, 4.69) is 4.98 Å². The highest BCUT2D eigenvalue weighted by Gasteiger charge is 2.26. The van der Waals surface area contributed by atoms with Crippen LogP contribution >= 0.6 is 0 Å². The molecule has 22 heavy (non-hydrogen) atoms. The quantitative estimate of drug-likeness (QED) is 0.932. The number of nitrogens with zero attached hydrogens (tertiary/aromatic N) is 2. The summed E-state index contributed by atoms with van der Waals surface area (Å²) in [5.41, 5.74) is 1.48. The smallest absolute Gasteiger partial charge is 0.410 e. The number of pyridine rings is 1. The highest BCUT2D eigenvalue weighted by Crippen LogP contribution is 2.23. The maximum Gasteiger partial charge on any atom is 0.410 e. The predicted molar refractivity (Wildman–Crippen MR) is 84.4 cm³/mol. The Hall–Kier alpha value is -1.62. The minimum absolute atomic E-state index is 0.0229. The number of carbonyl (C=O) groups is 1. The van der Waals surface area contributed by atoms with Crippen molar-refractivity contribution in [3.05, 3.63) is 29.6 Å². The number of piperidine rings is 1. The molecule has 0 bridgehead atoms. The van der Waals surface area contributed by atoms with Crippen molar-refractivity contribution in [2.45, 2.75) is 52.2 Å². The van der Waals surface area contributed by atoms with Crippen LogP contribution in [0.3, 0.4) is 0 Å². The van der Waals surface area contributed by atoms with Crippen molar-refractivity contribution >= 4 is 6.09 Å². The van der Waals surface area contributed by atoms with Crippen LogP contribution in [0.1, 0.15) is 44.9 Å². The topological polar surface area (TPSA) is 62.7 Å². The Labute approximate surface area is 132 Å². The van der Waals surface area contributed by atoms with E-state index in [1.54, 1.807) is 11.1 Å². The minimum Gasteiger partial charge on any atom is -0.444 e. The van der Waals surface area contributed by atoms with Crippen molar-refractivity contribution < 1.29 is 14.6 Å². The van der Waals surface area contributed by atoms with Crippen LogP contribution < -0.4 is 0 Å². The second-order valence-electron chi connectivity index (χ2n) is 6.93. The molecule has 5 heteroatoms. The van der Waals surface area contributed by atoms with Gasteiger partial charge in [-0.1, -0.05) is 0 Å². The van der Waals surface area contributed by atoms with Gasteiger partial charge in [-0.15, -0.1) is 0 Å². The minimum atomic E-state index is -0.439. The largest absolute Gasteiger partial charge is 0.444 e. The van der Waals surface area contributed by atoms with Gasteiger partial charge in [-0.25, -0.2) is 4.79 Å². The Morgan fingerprint density at radius 1 is 1.41 bits per heavy atom. The molecule has 5 nitrogen and oxygen atoms in total. The lowest BCUT2D eigenvalue weighted by Gasteiger charge is -2.33. The first-order chi connectivity index (χ1) is 10.4. The van der Waals surface area contributed by atoms with E-state index in [-0.39, 0.29) is 12.7 Å². The molecule has 1 saturated heterocycles. The summed E-state index contributed by atoms with van der Waals surface area (Å²) >= 11 is 0. The van der Waals surface area contributed by atoms with Gasteiger partial charge in [0.2, 0.25) is 0 Å². The van der Waals surface area contributed by atoms with Crippen molar-refractivity contribution in [3.63, 3.8) is 0 Å². The van der Waals surface area contributed by atoms with Gasteiger partial charge >= 0.3 is 6.09 Å². The summed E-state index contributed by atoms with van der Waals surface area (Å²) in [6, 6.07) is 3.96. The fourth-order valence-electron chi connectivity index (χ4n) is 2.72.